The van der Waals surface area contributed by atoms with Crippen LogP contribution in [0.5, 0.6) is 0 Å². The van der Waals surface area contributed by atoms with Crippen molar-refractivity contribution < 1.29 is 0 Å². The summed E-state index contributed by atoms with van der Waals surface area (Å²) in [5.74, 6) is 0. The molecule has 2 aromatic rings. The molecule has 4 bridgehead atoms. The van der Waals surface area contributed by atoms with Crippen molar-refractivity contribution in [2.45, 2.75) is 26.1 Å². The topological polar surface area (TPSA) is 48.3 Å². The Hall–Kier alpha value is -1.36. The van der Waals surface area contributed by atoms with Crippen molar-refractivity contribution in [3.63, 3.8) is 0 Å². The maximum atomic E-state index is 6.63. The Balaban J connectivity index is 1.62. The number of aromatic nitrogens is 1. The van der Waals surface area contributed by atoms with Crippen molar-refractivity contribution in [2.75, 3.05) is 26.2 Å². The molecule has 0 atom stereocenters. The van der Waals surface area contributed by atoms with E-state index >= 15 is 0 Å². The lowest BCUT2D eigenvalue weighted by molar-refractivity contribution is -0.205. The molecule has 4 fully saturated rings. The number of nitrogens with one attached hydrogen (secondary N) is 1. The maximum Gasteiger partial charge on any atom is 0.0907 e. The van der Waals surface area contributed by atoms with Gasteiger partial charge in [-0.05, 0) is 6.07 Å². The molecule has 4 heteroatoms. The Morgan fingerprint density at radius 3 is 2.27 bits per heavy atom. The number of para-hydroxylation sites is 1. The molecule has 5 heterocycles. The minimum atomic E-state index is 0.230. The number of hydrogen-bond acceptors (Lipinski definition) is 3. The van der Waals surface area contributed by atoms with Crippen LogP contribution in [0.2, 0.25) is 0 Å². The number of H-pyrrole nitrogens is 1. The predicted octanol–water partition coefficient (Wildman–Crippen LogP) is 2.15. The minimum absolute atomic E-state index is 0.230. The molecule has 0 aliphatic carbocycles. The Morgan fingerprint density at radius 1 is 1.05 bits per heavy atom. The molecule has 116 valence electrons. The summed E-state index contributed by atoms with van der Waals surface area (Å²) in [6.45, 7) is 9.21. The largest absolute Gasteiger partial charge is 0.361 e. The fourth-order valence-corrected chi connectivity index (χ4v) is 5.58. The fraction of sp³-hybridized carbons (Fsp3) is 0.556. The summed E-state index contributed by atoms with van der Waals surface area (Å²) in [4.78, 5) is 8.76. The molecule has 6 rings (SSSR count). The lowest BCUT2D eigenvalue weighted by atomic mass is 9.59. The van der Waals surface area contributed by atoms with Crippen LogP contribution in [-0.4, -0.2) is 47.0 Å². The molecule has 1 aromatic heterocycles. The molecular weight excluding hydrogens is 272 g/mol. The molecule has 0 unspecified atom stereocenters. The van der Waals surface area contributed by atoms with E-state index in [2.05, 4.69) is 59.1 Å². The number of nitrogens with zero attached hydrogens (tertiary/aromatic N) is 2. The summed E-state index contributed by atoms with van der Waals surface area (Å²) in [5.41, 5.74) is 9.76. The summed E-state index contributed by atoms with van der Waals surface area (Å²) in [6.07, 6.45) is 2.62. The van der Waals surface area contributed by atoms with Crippen molar-refractivity contribution in [2.24, 2.45) is 16.6 Å². The van der Waals surface area contributed by atoms with Crippen molar-refractivity contribution >= 4 is 10.9 Å². The first-order valence-electron chi connectivity index (χ1n) is 8.30. The van der Waals surface area contributed by atoms with Crippen LogP contribution in [0.15, 0.2) is 30.5 Å². The van der Waals surface area contributed by atoms with Gasteiger partial charge in [0, 0.05) is 65.7 Å². The Morgan fingerprint density at radius 2 is 1.64 bits per heavy atom. The first kappa shape index (κ1) is 13.1. The normalized spacial score (nSPS) is 46.5. The van der Waals surface area contributed by atoms with Crippen LogP contribution >= 0.6 is 0 Å². The van der Waals surface area contributed by atoms with E-state index in [0.29, 0.717) is 12.2 Å². The van der Waals surface area contributed by atoms with Crippen LogP contribution in [0.1, 0.15) is 25.6 Å². The van der Waals surface area contributed by atoms with Gasteiger partial charge >= 0.3 is 0 Å². The molecule has 3 N–H and O–H groups in total. The van der Waals surface area contributed by atoms with E-state index in [-0.39, 0.29) is 10.8 Å². The number of nitrogens with two attached hydrogens (primary N) is 1. The molecule has 0 amide bonds. The Labute approximate surface area is 131 Å². The van der Waals surface area contributed by atoms with Gasteiger partial charge in [0.25, 0.3) is 0 Å². The average Bonchev–Trinajstić information content (AvgIpc) is 2.87. The van der Waals surface area contributed by atoms with Crippen LogP contribution in [0, 0.1) is 10.8 Å². The molecule has 0 radical (unpaired) electrons. The zero-order chi connectivity index (χ0) is 15.1. The number of aromatic amines is 1. The molecule has 4 aliphatic rings. The third-order valence-corrected chi connectivity index (χ3v) is 6.35. The van der Waals surface area contributed by atoms with Crippen LogP contribution in [0.3, 0.4) is 0 Å². The molecule has 4 aliphatic heterocycles. The third kappa shape index (κ3) is 1.48. The van der Waals surface area contributed by atoms with Gasteiger partial charge in [-0.1, -0.05) is 32.0 Å². The second-order valence-electron chi connectivity index (χ2n) is 8.26. The summed E-state index contributed by atoms with van der Waals surface area (Å²) in [5, 5.41) is 1.36. The molecule has 0 spiro atoms. The highest BCUT2D eigenvalue weighted by Crippen LogP contribution is 2.54. The fourth-order valence-electron chi connectivity index (χ4n) is 5.58. The summed E-state index contributed by atoms with van der Waals surface area (Å²) >= 11 is 0. The van der Waals surface area contributed by atoms with Gasteiger partial charge in [0.2, 0.25) is 0 Å². The number of piperidine rings is 2. The number of benzene rings is 1. The van der Waals surface area contributed by atoms with E-state index in [1.807, 2.05) is 0 Å². The third-order valence-electron chi connectivity index (χ3n) is 6.35. The van der Waals surface area contributed by atoms with Gasteiger partial charge in [-0.3, -0.25) is 9.80 Å². The Kier molecular flexibility index (Phi) is 2.35. The van der Waals surface area contributed by atoms with E-state index in [1.54, 1.807) is 0 Å². The number of hydrogen-bond donors (Lipinski definition) is 2. The SMILES string of the molecule is CC12CN3CC(C)(CN(C1)C3c1c[nH]c3ccccc13)C2N. The number of fused-ring (bicyclic) bond motifs is 1. The van der Waals surface area contributed by atoms with Crippen molar-refractivity contribution in [1.82, 2.24) is 14.8 Å². The first-order valence-corrected chi connectivity index (χ1v) is 8.30. The van der Waals surface area contributed by atoms with E-state index in [1.165, 1.54) is 16.5 Å². The lowest BCUT2D eigenvalue weighted by Gasteiger charge is -2.68. The van der Waals surface area contributed by atoms with Gasteiger partial charge in [-0.15, -0.1) is 0 Å². The molecule has 0 saturated carbocycles. The lowest BCUT2D eigenvalue weighted by Crippen LogP contribution is -2.78. The van der Waals surface area contributed by atoms with Crippen molar-refractivity contribution in [3.05, 3.63) is 36.0 Å². The molecule has 4 nitrogen and oxygen atoms in total. The number of rotatable bonds is 1. The Bertz CT molecular complexity index is 710. The smallest absolute Gasteiger partial charge is 0.0907 e. The van der Waals surface area contributed by atoms with Crippen LogP contribution in [0.4, 0.5) is 0 Å². The van der Waals surface area contributed by atoms with E-state index in [4.69, 9.17) is 5.73 Å². The summed E-state index contributed by atoms with van der Waals surface area (Å²) < 4.78 is 0. The average molecular weight is 296 g/mol. The molecular formula is C18H24N4. The monoisotopic (exact) mass is 296 g/mol. The summed E-state index contributed by atoms with van der Waals surface area (Å²) in [6, 6.07) is 8.96. The standard InChI is InChI=1S/C18H24N4/c1-17-8-21-10-18(2,16(17)19)11-22(9-17)15(21)13-7-20-14-6-4-3-5-12(13)14/h3-7,15-16,20H,8-11,19H2,1-2H3. The van der Waals surface area contributed by atoms with Crippen LogP contribution in [-0.2, 0) is 0 Å². The maximum absolute atomic E-state index is 6.63. The minimum Gasteiger partial charge on any atom is -0.361 e. The van der Waals surface area contributed by atoms with Gasteiger partial charge in [0.15, 0.2) is 0 Å². The van der Waals surface area contributed by atoms with E-state index < -0.39 is 0 Å². The van der Waals surface area contributed by atoms with Crippen LogP contribution in [0.25, 0.3) is 10.9 Å². The van der Waals surface area contributed by atoms with Gasteiger partial charge in [0.05, 0.1) is 6.17 Å². The summed E-state index contributed by atoms with van der Waals surface area (Å²) in [7, 11) is 0. The zero-order valence-electron chi connectivity index (χ0n) is 13.3. The highest BCUT2D eigenvalue weighted by atomic mass is 15.4. The first-order chi connectivity index (χ1) is 10.5. The van der Waals surface area contributed by atoms with Crippen molar-refractivity contribution in [3.8, 4) is 0 Å². The van der Waals surface area contributed by atoms with Crippen LogP contribution < -0.4 is 5.73 Å². The molecule has 1 aromatic carbocycles. The predicted molar refractivity (Wildman–Crippen MR) is 88.4 cm³/mol. The van der Waals surface area contributed by atoms with Gasteiger partial charge in [-0.2, -0.15) is 0 Å². The van der Waals surface area contributed by atoms with E-state index in [0.717, 1.165) is 26.2 Å². The van der Waals surface area contributed by atoms with Crippen molar-refractivity contribution in [1.29, 1.82) is 0 Å². The quantitative estimate of drug-likeness (QED) is 0.848. The van der Waals surface area contributed by atoms with E-state index in [9.17, 15) is 0 Å². The highest BCUT2D eigenvalue weighted by Gasteiger charge is 2.61. The molecule has 4 saturated heterocycles. The second kappa shape index (κ2) is 3.94. The van der Waals surface area contributed by atoms with Gasteiger partial charge < -0.3 is 10.7 Å². The highest BCUT2D eigenvalue weighted by molar-refractivity contribution is 5.83. The second-order valence-corrected chi connectivity index (χ2v) is 8.26. The van der Waals surface area contributed by atoms with Gasteiger partial charge in [0.1, 0.15) is 0 Å². The zero-order valence-corrected chi connectivity index (χ0v) is 13.3. The van der Waals surface area contributed by atoms with Gasteiger partial charge in [-0.25, -0.2) is 0 Å². The molecule has 22 heavy (non-hydrogen) atoms.